The molecule has 0 aliphatic rings. The second-order valence-corrected chi connectivity index (χ2v) is 7.91. The monoisotopic (exact) mass is 455 g/mol. The van der Waals surface area contributed by atoms with Crippen molar-refractivity contribution in [3.63, 3.8) is 0 Å². The minimum atomic E-state index is -0.330. The van der Waals surface area contributed by atoms with E-state index in [-0.39, 0.29) is 17.6 Å². The van der Waals surface area contributed by atoms with Gasteiger partial charge in [-0.25, -0.2) is 19.0 Å². The molecular weight excluding hydrogens is 433 g/mol. The zero-order valence-corrected chi connectivity index (χ0v) is 18.7. The Morgan fingerprint density at radius 1 is 1.06 bits per heavy atom. The van der Waals surface area contributed by atoms with Crippen molar-refractivity contribution < 1.29 is 9.18 Å². The van der Waals surface area contributed by atoms with Gasteiger partial charge in [0, 0.05) is 6.07 Å². The first-order valence-corrected chi connectivity index (χ1v) is 10.9. The molecule has 8 nitrogen and oxygen atoms in total. The summed E-state index contributed by atoms with van der Waals surface area (Å²) in [5.41, 5.74) is 2.88. The van der Waals surface area contributed by atoms with Crippen molar-refractivity contribution >= 4 is 22.8 Å². The van der Waals surface area contributed by atoms with E-state index in [1.54, 1.807) is 33.8 Å². The number of halogens is 1. The van der Waals surface area contributed by atoms with E-state index in [0.29, 0.717) is 34.8 Å². The minimum Gasteiger partial charge on any atom is -0.310 e. The first kappa shape index (κ1) is 21.4. The molecule has 5 aromatic rings. The molecule has 1 amide bonds. The standard InChI is InChI=1S/C25H22FN7O/c1-3-20(17-7-5-4-6-8-17)25(34)30-22-13-16(2)31-33(22)24-21-14-29-32(23(21)27-15-28-24)19-11-9-18(26)10-12-19/h4-15,20H,3H2,1-2H3,(H,30,34). The summed E-state index contributed by atoms with van der Waals surface area (Å²) in [7, 11) is 0. The fourth-order valence-electron chi connectivity index (χ4n) is 3.99. The molecule has 9 heteroatoms. The summed E-state index contributed by atoms with van der Waals surface area (Å²) in [5, 5.41) is 12.6. The lowest BCUT2D eigenvalue weighted by Crippen LogP contribution is -2.22. The van der Waals surface area contributed by atoms with Gasteiger partial charge in [0.1, 0.15) is 18.0 Å². The van der Waals surface area contributed by atoms with Gasteiger partial charge in [-0.1, -0.05) is 37.3 Å². The van der Waals surface area contributed by atoms with Crippen LogP contribution in [0.5, 0.6) is 0 Å². The van der Waals surface area contributed by atoms with E-state index in [2.05, 4.69) is 25.5 Å². The highest BCUT2D eigenvalue weighted by Crippen LogP contribution is 2.26. The number of nitrogens with one attached hydrogen (secondary N) is 1. The van der Waals surface area contributed by atoms with Gasteiger partial charge in [-0.15, -0.1) is 0 Å². The Labute approximate surface area is 195 Å². The van der Waals surface area contributed by atoms with Gasteiger partial charge in [-0.3, -0.25) is 4.79 Å². The number of fused-ring (bicyclic) bond motifs is 1. The van der Waals surface area contributed by atoms with Crippen LogP contribution in [0.3, 0.4) is 0 Å². The molecule has 1 atom stereocenters. The number of hydrogen-bond acceptors (Lipinski definition) is 5. The fourth-order valence-corrected chi connectivity index (χ4v) is 3.99. The van der Waals surface area contributed by atoms with Crippen LogP contribution in [-0.4, -0.2) is 35.4 Å². The molecule has 2 aromatic carbocycles. The third-order valence-electron chi connectivity index (χ3n) is 5.63. The third-order valence-corrected chi connectivity index (χ3v) is 5.63. The molecular formula is C25H22FN7O. The van der Waals surface area contributed by atoms with Gasteiger partial charge in [0.15, 0.2) is 11.5 Å². The summed E-state index contributed by atoms with van der Waals surface area (Å²) in [4.78, 5) is 22.0. The van der Waals surface area contributed by atoms with Crippen LogP contribution in [-0.2, 0) is 4.79 Å². The van der Waals surface area contributed by atoms with Crippen LogP contribution in [0.2, 0.25) is 0 Å². The van der Waals surface area contributed by atoms with E-state index in [1.807, 2.05) is 44.2 Å². The summed E-state index contributed by atoms with van der Waals surface area (Å²) in [6.07, 6.45) is 3.71. The molecule has 0 aliphatic carbocycles. The Hall–Kier alpha value is -4.40. The minimum absolute atomic E-state index is 0.123. The van der Waals surface area contributed by atoms with E-state index >= 15 is 0 Å². The SMILES string of the molecule is CCC(C(=O)Nc1cc(C)nn1-c1ncnc2c1cnn2-c1ccc(F)cc1)c1ccccc1. The van der Waals surface area contributed by atoms with E-state index in [4.69, 9.17) is 0 Å². The van der Waals surface area contributed by atoms with Gasteiger partial charge in [-0.05, 0) is 43.2 Å². The molecule has 0 saturated heterocycles. The van der Waals surface area contributed by atoms with Crippen LogP contribution < -0.4 is 5.32 Å². The maximum Gasteiger partial charge on any atom is 0.233 e. The lowest BCUT2D eigenvalue weighted by atomic mass is 9.96. The third kappa shape index (κ3) is 3.92. The lowest BCUT2D eigenvalue weighted by molar-refractivity contribution is -0.117. The zero-order valence-electron chi connectivity index (χ0n) is 18.7. The molecule has 0 bridgehead atoms. The van der Waals surface area contributed by atoms with E-state index in [9.17, 15) is 9.18 Å². The van der Waals surface area contributed by atoms with Crippen LogP contribution in [0.1, 0.15) is 30.5 Å². The first-order chi connectivity index (χ1) is 16.5. The molecule has 3 heterocycles. The van der Waals surface area contributed by atoms with Crippen molar-refractivity contribution in [3.8, 4) is 11.5 Å². The number of carbonyl (C=O) groups excluding carboxylic acids is 1. The number of hydrogen-bond donors (Lipinski definition) is 1. The van der Waals surface area contributed by atoms with Crippen molar-refractivity contribution in [2.24, 2.45) is 0 Å². The smallest absolute Gasteiger partial charge is 0.233 e. The summed E-state index contributed by atoms with van der Waals surface area (Å²) in [6, 6.07) is 17.5. The molecule has 5 rings (SSSR count). The fraction of sp³-hybridized carbons (Fsp3) is 0.160. The Bertz CT molecular complexity index is 1460. The number of nitrogens with zero attached hydrogens (tertiary/aromatic N) is 6. The van der Waals surface area contributed by atoms with Crippen LogP contribution in [0.25, 0.3) is 22.5 Å². The number of anilines is 1. The number of amides is 1. The predicted molar refractivity (Wildman–Crippen MR) is 127 cm³/mol. The van der Waals surface area contributed by atoms with Crippen molar-refractivity contribution in [2.75, 3.05) is 5.32 Å². The molecule has 0 spiro atoms. The molecule has 1 unspecified atom stereocenters. The Morgan fingerprint density at radius 2 is 1.82 bits per heavy atom. The summed E-state index contributed by atoms with van der Waals surface area (Å²) in [6.45, 7) is 3.83. The number of benzene rings is 2. The molecule has 34 heavy (non-hydrogen) atoms. The van der Waals surface area contributed by atoms with Crippen molar-refractivity contribution in [2.45, 2.75) is 26.2 Å². The van der Waals surface area contributed by atoms with Crippen LogP contribution in [0, 0.1) is 12.7 Å². The maximum atomic E-state index is 13.4. The normalized spacial score (nSPS) is 12.1. The number of aryl methyl sites for hydroxylation is 1. The highest BCUT2D eigenvalue weighted by molar-refractivity contribution is 5.96. The van der Waals surface area contributed by atoms with Crippen LogP contribution >= 0.6 is 0 Å². The quantitative estimate of drug-likeness (QED) is 0.405. The molecule has 0 saturated carbocycles. The second-order valence-electron chi connectivity index (χ2n) is 7.91. The largest absolute Gasteiger partial charge is 0.310 e. The van der Waals surface area contributed by atoms with Crippen molar-refractivity contribution in [1.82, 2.24) is 29.5 Å². The Morgan fingerprint density at radius 3 is 2.56 bits per heavy atom. The molecule has 0 aliphatic heterocycles. The first-order valence-electron chi connectivity index (χ1n) is 10.9. The van der Waals surface area contributed by atoms with E-state index < -0.39 is 0 Å². The highest BCUT2D eigenvalue weighted by atomic mass is 19.1. The maximum absolute atomic E-state index is 13.4. The lowest BCUT2D eigenvalue weighted by Gasteiger charge is -2.16. The average Bonchev–Trinajstić information content (AvgIpc) is 3.44. The molecule has 0 radical (unpaired) electrons. The summed E-state index contributed by atoms with van der Waals surface area (Å²) < 4.78 is 16.6. The van der Waals surface area contributed by atoms with Crippen molar-refractivity contribution in [3.05, 3.63) is 90.3 Å². The van der Waals surface area contributed by atoms with Gasteiger partial charge in [-0.2, -0.15) is 14.9 Å². The second kappa shape index (κ2) is 8.86. The summed E-state index contributed by atoms with van der Waals surface area (Å²) >= 11 is 0. The van der Waals surface area contributed by atoms with Gasteiger partial charge < -0.3 is 5.32 Å². The van der Waals surface area contributed by atoms with Crippen molar-refractivity contribution in [1.29, 1.82) is 0 Å². The van der Waals surface area contributed by atoms with E-state index in [1.165, 1.54) is 18.5 Å². The molecule has 1 N–H and O–H groups in total. The van der Waals surface area contributed by atoms with Gasteiger partial charge >= 0.3 is 0 Å². The Kier molecular flexibility index (Phi) is 5.59. The summed E-state index contributed by atoms with van der Waals surface area (Å²) in [5.74, 6) is 0.239. The molecule has 0 fully saturated rings. The molecule has 3 aromatic heterocycles. The topological polar surface area (TPSA) is 90.5 Å². The van der Waals surface area contributed by atoms with Gasteiger partial charge in [0.25, 0.3) is 0 Å². The van der Waals surface area contributed by atoms with Gasteiger partial charge in [0.2, 0.25) is 5.91 Å². The number of carbonyl (C=O) groups is 1. The number of aromatic nitrogens is 6. The molecule has 170 valence electrons. The zero-order chi connectivity index (χ0) is 23.7. The highest BCUT2D eigenvalue weighted by Gasteiger charge is 2.22. The van der Waals surface area contributed by atoms with Gasteiger partial charge in [0.05, 0.1) is 28.9 Å². The predicted octanol–water partition coefficient (Wildman–Crippen LogP) is 4.58. The Balaban J connectivity index is 1.53. The average molecular weight is 455 g/mol. The van der Waals surface area contributed by atoms with E-state index in [0.717, 1.165) is 11.3 Å². The van der Waals surface area contributed by atoms with Crippen LogP contribution in [0.4, 0.5) is 10.2 Å². The number of rotatable bonds is 6. The van der Waals surface area contributed by atoms with Crippen LogP contribution in [0.15, 0.2) is 73.2 Å².